The second-order valence-electron chi connectivity index (χ2n) is 3.17. The molecule has 0 aliphatic carbocycles. The predicted molar refractivity (Wildman–Crippen MR) is 73.3 cm³/mol. The first-order valence-electron chi connectivity index (χ1n) is 5.48. The molecule has 0 aliphatic rings. The van der Waals surface area contributed by atoms with Gasteiger partial charge in [0.05, 0.1) is 0 Å². The van der Waals surface area contributed by atoms with Gasteiger partial charge in [-0.15, -0.1) is 0 Å². The lowest BCUT2D eigenvalue weighted by Gasteiger charge is -2.00. The summed E-state index contributed by atoms with van der Waals surface area (Å²) in [6, 6.07) is 6.55. The normalized spacial score (nSPS) is 9.13. The Morgan fingerprint density at radius 3 is 2.27 bits per heavy atom. The van der Waals surface area contributed by atoms with Crippen LogP contribution in [0.1, 0.15) is 51.3 Å². The lowest BCUT2D eigenvalue weighted by molar-refractivity contribution is 1.23. The molecule has 0 saturated heterocycles. The Morgan fingerprint density at radius 1 is 1.13 bits per heavy atom. The molecule has 0 spiro atoms. The molecule has 15 heavy (non-hydrogen) atoms. The first-order valence-corrected chi connectivity index (χ1v) is 5.48. The lowest BCUT2D eigenvalue weighted by Crippen LogP contribution is -1.81. The van der Waals surface area contributed by atoms with E-state index in [1.54, 1.807) is 0 Å². The second-order valence-corrected chi connectivity index (χ2v) is 3.17. The predicted octanol–water partition coefficient (Wildman–Crippen LogP) is 5.39. The summed E-state index contributed by atoms with van der Waals surface area (Å²) in [7, 11) is 0. The van der Waals surface area contributed by atoms with E-state index in [-0.39, 0.29) is 7.43 Å². The van der Waals surface area contributed by atoms with E-state index in [9.17, 15) is 0 Å². The van der Waals surface area contributed by atoms with E-state index in [1.165, 1.54) is 16.7 Å². The molecule has 0 heterocycles. The maximum atomic E-state index is 2.22. The minimum absolute atomic E-state index is 0. The molecule has 1 rings (SSSR count). The number of allylic oxidation sites excluding steroid dienone is 1. The van der Waals surface area contributed by atoms with Crippen LogP contribution in [0.4, 0.5) is 0 Å². The summed E-state index contributed by atoms with van der Waals surface area (Å²) < 4.78 is 0. The summed E-state index contributed by atoms with van der Waals surface area (Å²) >= 11 is 0. The molecule has 0 amide bonds. The quantitative estimate of drug-likeness (QED) is 0.608. The molecule has 0 unspecified atom stereocenters. The van der Waals surface area contributed by atoms with Crippen LogP contribution in [-0.4, -0.2) is 0 Å². The minimum Gasteiger partial charge on any atom is -0.0842 e. The molecule has 0 radical (unpaired) electrons. The van der Waals surface area contributed by atoms with Crippen molar-refractivity contribution in [2.75, 3.05) is 0 Å². The summed E-state index contributed by atoms with van der Waals surface area (Å²) in [5.74, 6) is 0. The Labute approximate surface area is 96.0 Å². The first kappa shape index (κ1) is 16.4. The maximum absolute atomic E-state index is 2.22. The van der Waals surface area contributed by atoms with Crippen molar-refractivity contribution < 1.29 is 0 Å². The highest BCUT2D eigenvalue weighted by atomic mass is 14.0. The zero-order chi connectivity index (χ0) is 11.0. The fraction of sp³-hybridized carbons (Fsp3) is 0.467. The van der Waals surface area contributed by atoms with Gasteiger partial charge in [-0.2, -0.15) is 0 Å². The zero-order valence-electron chi connectivity index (χ0n) is 10.1. The van der Waals surface area contributed by atoms with Gasteiger partial charge < -0.3 is 0 Å². The van der Waals surface area contributed by atoms with Crippen molar-refractivity contribution in [3.8, 4) is 0 Å². The smallest absolute Gasteiger partial charge is 0.0228 e. The summed E-state index contributed by atoms with van der Waals surface area (Å²) in [5, 5.41) is 0. The second kappa shape index (κ2) is 9.51. The van der Waals surface area contributed by atoms with Crippen LogP contribution in [0.3, 0.4) is 0 Å². The topological polar surface area (TPSA) is 0 Å². The molecular formula is C15H26. The van der Waals surface area contributed by atoms with E-state index < -0.39 is 0 Å². The van der Waals surface area contributed by atoms with Crippen LogP contribution in [0.25, 0.3) is 6.08 Å². The summed E-state index contributed by atoms with van der Waals surface area (Å²) in [4.78, 5) is 0. The van der Waals surface area contributed by atoms with Crippen LogP contribution >= 0.6 is 0 Å². The Hall–Kier alpha value is -1.04. The molecule has 1 aromatic carbocycles. The van der Waals surface area contributed by atoms with Crippen LogP contribution in [0, 0.1) is 13.8 Å². The number of hydrogen-bond donors (Lipinski definition) is 0. The largest absolute Gasteiger partial charge is 0.0842 e. The molecule has 0 N–H and O–H groups in total. The average Bonchev–Trinajstić information content (AvgIpc) is 2.22. The van der Waals surface area contributed by atoms with Crippen molar-refractivity contribution in [2.24, 2.45) is 0 Å². The highest BCUT2D eigenvalue weighted by molar-refractivity contribution is 5.54. The maximum Gasteiger partial charge on any atom is -0.0228 e. The van der Waals surface area contributed by atoms with E-state index >= 15 is 0 Å². The van der Waals surface area contributed by atoms with Gasteiger partial charge in [-0.05, 0) is 31.4 Å². The Bertz CT molecular complexity index is 282. The summed E-state index contributed by atoms with van der Waals surface area (Å²) in [6.45, 7) is 10.4. The van der Waals surface area contributed by atoms with Gasteiger partial charge in [-0.25, -0.2) is 0 Å². The first-order chi connectivity index (χ1) is 6.74. The molecule has 0 saturated carbocycles. The molecule has 1 aromatic rings. The molecule has 0 atom stereocenters. The van der Waals surface area contributed by atoms with Crippen LogP contribution < -0.4 is 0 Å². The van der Waals surface area contributed by atoms with Gasteiger partial charge in [-0.1, -0.05) is 64.1 Å². The molecular weight excluding hydrogens is 180 g/mol. The summed E-state index contributed by atoms with van der Waals surface area (Å²) in [6.07, 6.45) is 5.50. The Morgan fingerprint density at radius 2 is 1.73 bits per heavy atom. The van der Waals surface area contributed by atoms with Gasteiger partial charge in [0.2, 0.25) is 0 Å². The highest BCUT2D eigenvalue weighted by Crippen LogP contribution is 2.12. The van der Waals surface area contributed by atoms with Crippen LogP contribution in [0.2, 0.25) is 0 Å². The van der Waals surface area contributed by atoms with Gasteiger partial charge >= 0.3 is 0 Å². The number of aryl methyl sites for hydroxylation is 2. The fourth-order valence-electron chi connectivity index (χ4n) is 1.18. The standard InChI is InChI=1S/C12H16.C2H6.CH4/c1-4-5-6-12-9-10(2)7-8-11(12)3;1-2;/h5-9H,4H2,1-3H3;1-2H3;1H4/b6-5-;;. The summed E-state index contributed by atoms with van der Waals surface area (Å²) in [5.41, 5.74) is 4.03. The Kier molecular flexibility index (Phi) is 10.4. The fourth-order valence-corrected chi connectivity index (χ4v) is 1.18. The Balaban J connectivity index is 0. The van der Waals surface area contributed by atoms with E-state index in [1.807, 2.05) is 13.8 Å². The zero-order valence-corrected chi connectivity index (χ0v) is 10.1. The molecule has 0 bridgehead atoms. The molecule has 86 valence electrons. The van der Waals surface area contributed by atoms with Crippen molar-refractivity contribution >= 4 is 6.08 Å². The van der Waals surface area contributed by atoms with E-state index in [0.717, 1.165) is 6.42 Å². The van der Waals surface area contributed by atoms with Gasteiger partial charge in [0, 0.05) is 0 Å². The molecule has 0 nitrogen and oxygen atoms in total. The van der Waals surface area contributed by atoms with Crippen molar-refractivity contribution in [3.63, 3.8) is 0 Å². The highest BCUT2D eigenvalue weighted by Gasteiger charge is 1.92. The van der Waals surface area contributed by atoms with E-state index in [4.69, 9.17) is 0 Å². The number of hydrogen-bond acceptors (Lipinski definition) is 0. The number of benzene rings is 1. The molecule has 0 fully saturated rings. The van der Waals surface area contributed by atoms with Gasteiger partial charge in [0.15, 0.2) is 0 Å². The third-order valence-electron chi connectivity index (χ3n) is 1.97. The van der Waals surface area contributed by atoms with Gasteiger partial charge in [0.1, 0.15) is 0 Å². The van der Waals surface area contributed by atoms with Crippen molar-refractivity contribution in [1.29, 1.82) is 0 Å². The minimum atomic E-state index is 0. The third kappa shape index (κ3) is 6.11. The van der Waals surface area contributed by atoms with Gasteiger partial charge in [-0.3, -0.25) is 0 Å². The van der Waals surface area contributed by atoms with Gasteiger partial charge in [0.25, 0.3) is 0 Å². The van der Waals surface area contributed by atoms with Crippen LogP contribution in [0.15, 0.2) is 24.3 Å². The lowest BCUT2D eigenvalue weighted by atomic mass is 10.1. The van der Waals surface area contributed by atoms with E-state index in [2.05, 4.69) is 51.1 Å². The SMILES string of the molecule is C.CC.CC/C=C\c1cc(C)ccc1C. The third-order valence-corrected chi connectivity index (χ3v) is 1.97. The van der Waals surface area contributed by atoms with Crippen molar-refractivity contribution in [3.05, 3.63) is 41.0 Å². The van der Waals surface area contributed by atoms with Crippen molar-refractivity contribution in [2.45, 2.75) is 48.5 Å². The van der Waals surface area contributed by atoms with Crippen LogP contribution in [-0.2, 0) is 0 Å². The molecule has 0 heteroatoms. The van der Waals surface area contributed by atoms with E-state index in [0.29, 0.717) is 0 Å². The number of rotatable bonds is 2. The van der Waals surface area contributed by atoms with Crippen LogP contribution in [0.5, 0.6) is 0 Å². The average molecular weight is 206 g/mol. The van der Waals surface area contributed by atoms with Crippen molar-refractivity contribution in [1.82, 2.24) is 0 Å². The molecule has 0 aromatic heterocycles. The molecule has 0 aliphatic heterocycles. The monoisotopic (exact) mass is 206 g/mol.